The lowest BCUT2D eigenvalue weighted by Gasteiger charge is -2.29. The highest BCUT2D eigenvalue weighted by atomic mass is 32.2. The molecule has 1 amide bonds. The third-order valence-electron chi connectivity index (χ3n) is 3.23. The van der Waals surface area contributed by atoms with Crippen LogP contribution in [0.1, 0.15) is 26.7 Å². The summed E-state index contributed by atoms with van der Waals surface area (Å²) in [5, 5.41) is 0. The Morgan fingerprint density at radius 1 is 1.38 bits per heavy atom. The molecule has 92 valence electrons. The molecule has 0 aromatic rings. The predicted octanol–water partition coefficient (Wildman–Crippen LogP) is 0.535. The van der Waals surface area contributed by atoms with Gasteiger partial charge in [-0.15, -0.1) is 0 Å². The van der Waals surface area contributed by atoms with Gasteiger partial charge in [0, 0.05) is 35.4 Å². The molecule has 2 aliphatic heterocycles. The van der Waals surface area contributed by atoms with Gasteiger partial charge in [-0.1, -0.05) is 0 Å². The summed E-state index contributed by atoms with van der Waals surface area (Å²) in [4.78, 5) is 13.9. The zero-order valence-electron chi connectivity index (χ0n) is 9.90. The van der Waals surface area contributed by atoms with Crippen molar-refractivity contribution in [2.75, 3.05) is 24.6 Å². The van der Waals surface area contributed by atoms with Crippen molar-refractivity contribution < 1.29 is 13.7 Å². The molecule has 0 spiro atoms. The van der Waals surface area contributed by atoms with E-state index in [1.54, 1.807) is 4.90 Å². The molecule has 2 heterocycles. The molecule has 2 rings (SSSR count). The third-order valence-corrected chi connectivity index (χ3v) is 4.51. The van der Waals surface area contributed by atoms with Gasteiger partial charge < -0.3 is 9.64 Å². The molecule has 0 radical (unpaired) electrons. The number of hydrogen-bond donors (Lipinski definition) is 0. The van der Waals surface area contributed by atoms with Gasteiger partial charge >= 0.3 is 0 Å². The zero-order valence-corrected chi connectivity index (χ0v) is 10.7. The molecule has 2 saturated heterocycles. The smallest absolute Gasteiger partial charge is 0.251 e. The monoisotopic (exact) mass is 245 g/mol. The molecule has 5 heteroatoms. The highest BCUT2D eigenvalue weighted by Crippen LogP contribution is 2.30. The van der Waals surface area contributed by atoms with Crippen LogP contribution >= 0.6 is 0 Å². The van der Waals surface area contributed by atoms with Crippen LogP contribution in [-0.4, -0.2) is 51.3 Å². The number of rotatable bonds is 1. The minimum absolute atomic E-state index is 0.0854. The minimum Gasteiger partial charge on any atom is -0.363 e. The molecular weight excluding hydrogens is 226 g/mol. The fourth-order valence-corrected chi connectivity index (χ4v) is 3.27. The van der Waals surface area contributed by atoms with E-state index in [9.17, 15) is 9.00 Å². The van der Waals surface area contributed by atoms with Crippen molar-refractivity contribution in [3.63, 3.8) is 0 Å². The summed E-state index contributed by atoms with van der Waals surface area (Å²) in [6.45, 7) is 5.27. The fraction of sp³-hybridized carbons (Fsp3) is 0.909. The summed E-state index contributed by atoms with van der Waals surface area (Å²) in [5.41, 5.74) is -0.168. The summed E-state index contributed by atoms with van der Waals surface area (Å²) in [6.07, 6.45) is 1.47. The van der Waals surface area contributed by atoms with Gasteiger partial charge in [-0.2, -0.15) is 0 Å². The lowest BCUT2D eigenvalue weighted by Crippen LogP contribution is -2.46. The van der Waals surface area contributed by atoms with Crippen LogP contribution in [0, 0.1) is 0 Å². The van der Waals surface area contributed by atoms with Crippen molar-refractivity contribution in [3.05, 3.63) is 0 Å². The summed E-state index contributed by atoms with van der Waals surface area (Å²) in [5.74, 6) is 1.31. The normalized spacial score (nSPS) is 30.6. The van der Waals surface area contributed by atoms with Crippen LogP contribution in [0.3, 0.4) is 0 Å². The van der Waals surface area contributed by atoms with E-state index < -0.39 is 10.8 Å². The predicted molar refractivity (Wildman–Crippen MR) is 62.6 cm³/mol. The molecule has 2 aliphatic rings. The van der Waals surface area contributed by atoms with Crippen LogP contribution in [0.25, 0.3) is 0 Å². The second kappa shape index (κ2) is 4.45. The Morgan fingerprint density at radius 2 is 2.00 bits per heavy atom. The highest BCUT2D eigenvalue weighted by molar-refractivity contribution is 7.85. The summed E-state index contributed by atoms with van der Waals surface area (Å²) >= 11 is 0. The van der Waals surface area contributed by atoms with Crippen LogP contribution < -0.4 is 0 Å². The van der Waals surface area contributed by atoms with Crippen molar-refractivity contribution in [1.82, 2.24) is 4.90 Å². The molecule has 0 N–H and O–H groups in total. The van der Waals surface area contributed by atoms with E-state index in [0.29, 0.717) is 24.6 Å². The van der Waals surface area contributed by atoms with Gasteiger partial charge in [-0.3, -0.25) is 9.00 Å². The van der Waals surface area contributed by atoms with E-state index in [4.69, 9.17) is 4.74 Å². The Labute approximate surface area is 98.8 Å². The van der Waals surface area contributed by atoms with Crippen LogP contribution in [0.2, 0.25) is 0 Å². The van der Waals surface area contributed by atoms with Crippen molar-refractivity contribution in [3.8, 4) is 0 Å². The van der Waals surface area contributed by atoms with Gasteiger partial charge in [0.2, 0.25) is 0 Å². The van der Waals surface area contributed by atoms with E-state index in [2.05, 4.69) is 0 Å². The standard InChI is InChI=1S/C11H19NO3S/c1-11(2)4-3-9(15-11)10(13)12-5-7-16(14)8-6-12/h9H,3-8H2,1-2H3. The number of carbonyl (C=O) groups is 1. The molecule has 0 bridgehead atoms. The zero-order chi connectivity index (χ0) is 11.8. The van der Waals surface area contributed by atoms with Crippen molar-refractivity contribution in [2.45, 2.75) is 38.4 Å². The van der Waals surface area contributed by atoms with Gasteiger partial charge in [-0.05, 0) is 26.7 Å². The van der Waals surface area contributed by atoms with Gasteiger partial charge in [0.05, 0.1) is 5.60 Å². The molecular formula is C11H19NO3S. The first-order chi connectivity index (χ1) is 7.48. The maximum absolute atomic E-state index is 12.1. The largest absolute Gasteiger partial charge is 0.363 e. The third kappa shape index (κ3) is 2.63. The van der Waals surface area contributed by atoms with Crippen LogP contribution in [0.4, 0.5) is 0 Å². The second-order valence-electron chi connectivity index (χ2n) is 5.08. The van der Waals surface area contributed by atoms with E-state index >= 15 is 0 Å². The second-order valence-corrected chi connectivity index (χ2v) is 6.77. The molecule has 0 saturated carbocycles. The first kappa shape index (κ1) is 12.0. The van der Waals surface area contributed by atoms with Crippen LogP contribution in [0.15, 0.2) is 0 Å². The molecule has 16 heavy (non-hydrogen) atoms. The average Bonchev–Trinajstić information content (AvgIpc) is 2.59. The van der Waals surface area contributed by atoms with Crippen LogP contribution in [-0.2, 0) is 20.3 Å². The van der Waals surface area contributed by atoms with Gasteiger partial charge in [0.1, 0.15) is 6.10 Å². The lowest BCUT2D eigenvalue weighted by molar-refractivity contribution is -0.145. The van der Waals surface area contributed by atoms with Crippen molar-refractivity contribution in [1.29, 1.82) is 0 Å². The fourth-order valence-electron chi connectivity index (χ4n) is 2.22. The molecule has 2 fully saturated rings. The van der Waals surface area contributed by atoms with Crippen molar-refractivity contribution in [2.24, 2.45) is 0 Å². The molecule has 1 unspecified atom stereocenters. The van der Waals surface area contributed by atoms with E-state index in [1.807, 2.05) is 13.8 Å². The molecule has 0 aromatic heterocycles. The Bertz CT molecular complexity index is 306. The quantitative estimate of drug-likeness (QED) is 0.677. The Morgan fingerprint density at radius 3 is 2.50 bits per heavy atom. The maximum Gasteiger partial charge on any atom is 0.251 e. The molecule has 0 aromatic carbocycles. The molecule has 4 nitrogen and oxygen atoms in total. The molecule has 1 atom stereocenters. The van der Waals surface area contributed by atoms with Crippen molar-refractivity contribution >= 4 is 16.7 Å². The van der Waals surface area contributed by atoms with Crippen LogP contribution in [0.5, 0.6) is 0 Å². The topological polar surface area (TPSA) is 46.6 Å². The number of ether oxygens (including phenoxy) is 1. The number of carbonyl (C=O) groups excluding carboxylic acids is 1. The minimum atomic E-state index is -0.729. The van der Waals surface area contributed by atoms with E-state index in [-0.39, 0.29) is 17.6 Å². The summed E-state index contributed by atoms with van der Waals surface area (Å²) < 4.78 is 16.9. The first-order valence-corrected chi connectivity index (χ1v) is 7.28. The number of nitrogens with zero attached hydrogens (tertiary/aromatic N) is 1. The van der Waals surface area contributed by atoms with Gasteiger partial charge in [0.25, 0.3) is 5.91 Å². The van der Waals surface area contributed by atoms with Gasteiger partial charge in [0.15, 0.2) is 0 Å². The number of hydrogen-bond acceptors (Lipinski definition) is 3. The Kier molecular flexibility index (Phi) is 3.35. The SMILES string of the molecule is CC1(C)CCC(C(=O)N2CCS(=O)CC2)O1. The van der Waals surface area contributed by atoms with E-state index in [0.717, 1.165) is 12.8 Å². The maximum atomic E-state index is 12.1. The molecule has 0 aliphatic carbocycles. The Balaban J connectivity index is 1.91. The van der Waals surface area contributed by atoms with E-state index in [1.165, 1.54) is 0 Å². The summed E-state index contributed by atoms with van der Waals surface area (Å²) in [6, 6.07) is 0. The lowest BCUT2D eigenvalue weighted by atomic mass is 10.1. The average molecular weight is 245 g/mol. The van der Waals surface area contributed by atoms with Gasteiger partial charge in [-0.25, -0.2) is 0 Å². The first-order valence-electron chi connectivity index (χ1n) is 5.79. The Hall–Kier alpha value is -0.420. The highest BCUT2D eigenvalue weighted by Gasteiger charge is 2.38. The number of amides is 1. The summed E-state index contributed by atoms with van der Waals surface area (Å²) in [7, 11) is -0.729.